The molecule has 27 heavy (non-hydrogen) atoms. The van der Waals surface area contributed by atoms with Crippen LogP contribution in [0.5, 0.6) is 0 Å². The van der Waals surface area contributed by atoms with Gasteiger partial charge in [0.25, 0.3) is 0 Å². The van der Waals surface area contributed by atoms with Gasteiger partial charge < -0.3 is 40.9 Å². The van der Waals surface area contributed by atoms with Crippen LogP contribution in [0.4, 0.5) is 0 Å². The van der Waals surface area contributed by atoms with Gasteiger partial charge in [0.05, 0.1) is 25.7 Å². The maximum Gasteiger partial charge on any atom is 0.336 e. The second-order valence-electron chi connectivity index (χ2n) is 4.96. The van der Waals surface area contributed by atoms with Gasteiger partial charge in [-0.3, -0.25) is 19.2 Å². The summed E-state index contributed by atoms with van der Waals surface area (Å²) >= 11 is 0. The van der Waals surface area contributed by atoms with E-state index in [0.717, 1.165) is 0 Å². The van der Waals surface area contributed by atoms with Crippen LogP contribution in [0.1, 0.15) is 25.7 Å². The summed E-state index contributed by atoms with van der Waals surface area (Å²) < 4.78 is 0. The summed E-state index contributed by atoms with van der Waals surface area (Å²) in [7, 11) is 0. The Morgan fingerprint density at radius 3 is 0.704 bits per heavy atom. The zero-order valence-corrected chi connectivity index (χ0v) is 15.8. The number of aliphatic carboxylic acids is 6. The van der Waals surface area contributed by atoms with E-state index in [2.05, 4.69) is 0 Å². The first-order valence-electron chi connectivity index (χ1n) is 6.34. The number of hydrogen-bond donors (Lipinski definition) is 8. The topological polar surface area (TPSA) is 264 Å². The number of rotatable bonds is 10. The largest absolute Gasteiger partial charge is 0.481 e. The van der Waals surface area contributed by atoms with Crippen LogP contribution in [0.3, 0.4) is 0 Å². The van der Waals surface area contributed by atoms with Gasteiger partial charge in [-0.15, -0.1) is 0 Å². The molecule has 0 aromatic rings. The van der Waals surface area contributed by atoms with Crippen molar-refractivity contribution in [1.82, 2.24) is 0 Å². The van der Waals surface area contributed by atoms with Gasteiger partial charge in [0, 0.05) is 37.7 Å². The van der Waals surface area contributed by atoms with Crippen LogP contribution in [0.15, 0.2) is 0 Å². The van der Waals surface area contributed by atoms with Crippen LogP contribution in [0, 0.1) is 0 Å². The van der Waals surface area contributed by atoms with E-state index in [-0.39, 0.29) is 37.7 Å². The monoisotopic (exact) mass is 424 g/mol. The molecule has 0 fully saturated rings. The molecule has 0 rings (SSSR count). The Bertz CT molecular complexity index is 513. The van der Waals surface area contributed by atoms with Crippen LogP contribution in [-0.2, 0) is 28.8 Å². The van der Waals surface area contributed by atoms with E-state index in [0.29, 0.717) is 0 Å². The second-order valence-corrected chi connectivity index (χ2v) is 4.96. The van der Waals surface area contributed by atoms with Crippen molar-refractivity contribution >= 4 is 73.6 Å². The molecular weight excluding hydrogens is 408 g/mol. The third-order valence-corrected chi connectivity index (χ3v) is 2.57. The molecule has 0 atom stereocenters. The molecule has 2 radical (unpaired) electrons. The van der Waals surface area contributed by atoms with E-state index in [1.807, 2.05) is 0 Å². The predicted molar refractivity (Wildman–Crippen MR) is 79.9 cm³/mol. The molecule has 0 aliphatic carbocycles. The molecule has 0 aliphatic heterocycles. The van der Waals surface area contributed by atoms with Crippen LogP contribution in [-0.4, -0.2) is 126 Å². The van der Waals surface area contributed by atoms with Gasteiger partial charge in [-0.2, -0.15) is 0 Å². The maximum absolute atomic E-state index is 10.3. The first kappa shape index (κ1) is 29.8. The van der Waals surface area contributed by atoms with Crippen molar-refractivity contribution in [1.29, 1.82) is 0 Å². The molecule has 150 valence electrons. The number of carboxylic acid groups (broad SMARTS) is 6. The van der Waals surface area contributed by atoms with Gasteiger partial charge >= 0.3 is 35.8 Å². The smallest absolute Gasteiger partial charge is 0.336 e. The van der Waals surface area contributed by atoms with Crippen molar-refractivity contribution in [2.45, 2.75) is 36.9 Å². The van der Waals surface area contributed by atoms with Crippen molar-refractivity contribution in [3.63, 3.8) is 0 Å². The van der Waals surface area contributed by atoms with E-state index in [4.69, 9.17) is 40.9 Å². The minimum absolute atomic E-state index is 0. The standard InChI is InChI=1S/2C6H8O7.Ca/c2*7-3(8)1-6(13,5(11)12)2-4(9)10;/h2*13H,1-2H2,(H,7,8)(H,9,10)(H,11,12);. The third kappa shape index (κ3) is 12.9. The Kier molecular flexibility index (Phi) is 13.7. The van der Waals surface area contributed by atoms with E-state index in [1.165, 1.54) is 0 Å². The fourth-order valence-corrected chi connectivity index (χ4v) is 1.43. The summed E-state index contributed by atoms with van der Waals surface area (Å²) in [4.78, 5) is 61.0. The number of aliphatic hydroxyl groups is 2. The Morgan fingerprint density at radius 1 is 0.481 bits per heavy atom. The minimum atomic E-state index is -2.74. The molecule has 0 aliphatic rings. The van der Waals surface area contributed by atoms with Crippen molar-refractivity contribution in [3.8, 4) is 0 Å². The average Bonchev–Trinajstić information content (AvgIpc) is 2.34. The van der Waals surface area contributed by atoms with Crippen molar-refractivity contribution in [2.75, 3.05) is 0 Å². The number of carboxylic acids is 6. The summed E-state index contributed by atoms with van der Waals surface area (Å²) in [5, 5.41) is 67.6. The summed E-state index contributed by atoms with van der Waals surface area (Å²) in [5.41, 5.74) is -5.48. The van der Waals surface area contributed by atoms with E-state index in [1.54, 1.807) is 0 Å². The van der Waals surface area contributed by atoms with Gasteiger partial charge in [-0.05, 0) is 0 Å². The van der Waals surface area contributed by atoms with Crippen molar-refractivity contribution in [3.05, 3.63) is 0 Å². The summed E-state index contributed by atoms with van der Waals surface area (Å²) in [6, 6.07) is 0. The first-order chi connectivity index (χ1) is 11.6. The van der Waals surface area contributed by atoms with Crippen LogP contribution in [0.2, 0.25) is 0 Å². The molecule has 0 spiro atoms. The van der Waals surface area contributed by atoms with Crippen molar-refractivity contribution < 1.29 is 69.6 Å². The summed E-state index contributed by atoms with van der Waals surface area (Å²) in [6.45, 7) is 0. The molecule has 15 heteroatoms. The minimum Gasteiger partial charge on any atom is -0.481 e. The zero-order chi connectivity index (χ0) is 21.3. The molecule has 0 unspecified atom stereocenters. The van der Waals surface area contributed by atoms with Crippen LogP contribution < -0.4 is 0 Å². The molecule has 0 saturated heterocycles. The quantitative estimate of drug-likeness (QED) is 0.164. The van der Waals surface area contributed by atoms with Crippen LogP contribution >= 0.6 is 0 Å². The first-order valence-corrected chi connectivity index (χ1v) is 6.34. The molecule has 0 bridgehead atoms. The van der Waals surface area contributed by atoms with E-state index >= 15 is 0 Å². The predicted octanol–water partition coefficient (Wildman–Crippen LogP) is -2.88. The van der Waals surface area contributed by atoms with Gasteiger partial charge in [0.2, 0.25) is 0 Å². The normalized spacial score (nSPS) is 10.4. The molecule has 14 nitrogen and oxygen atoms in total. The van der Waals surface area contributed by atoms with E-state index < -0.39 is 72.7 Å². The number of carbonyl (C=O) groups is 6. The fraction of sp³-hybridized carbons (Fsp3) is 0.500. The Morgan fingerprint density at radius 2 is 0.630 bits per heavy atom. The molecule has 0 saturated carbocycles. The molecule has 0 aromatic carbocycles. The Labute approximate surface area is 179 Å². The Hall–Kier alpha value is -2.00. The molecule has 0 amide bonds. The molecule has 0 aromatic heterocycles. The second kappa shape index (κ2) is 12.4. The third-order valence-electron chi connectivity index (χ3n) is 2.57. The van der Waals surface area contributed by atoms with Gasteiger partial charge in [0.15, 0.2) is 11.2 Å². The van der Waals surface area contributed by atoms with E-state index in [9.17, 15) is 28.8 Å². The average molecular weight is 424 g/mol. The maximum atomic E-state index is 10.3. The zero-order valence-electron chi connectivity index (χ0n) is 13.6. The summed E-state index contributed by atoms with van der Waals surface area (Å²) in [6.07, 6.45) is -4.58. The van der Waals surface area contributed by atoms with Gasteiger partial charge in [0.1, 0.15) is 0 Å². The van der Waals surface area contributed by atoms with Crippen molar-refractivity contribution in [2.24, 2.45) is 0 Å². The Balaban J connectivity index is -0.000000411. The fourth-order valence-electron chi connectivity index (χ4n) is 1.43. The number of hydrogen-bond acceptors (Lipinski definition) is 8. The van der Waals surface area contributed by atoms with Gasteiger partial charge in [-0.1, -0.05) is 0 Å². The van der Waals surface area contributed by atoms with Gasteiger partial charge in [-0.25, -0.2) is 9.59 Å². The molecule has 8 N–H and O–H groups in total. The molecular formula is C12H16CaO14. The van der Waals surface area contributed by atoms with Crippen LogP contribution in [0.25, 0.3) is 0 Å². The molecule has 0 heterocycles. The summed E-state index contributed by atoms with van der Waals surface area (Å²) in [5.74, 6) is -10.0. The SMILES string of the molecule is O=C(O)CC(O)(CC(=O)O)C(=O)O.O=C(O)CC(O)(CC(=O)O)C(=O)O.[Ca].